The van der Waals surface area contributed by atoms with E-state index in [1.807, 2.05) is 49.3 Å². The number of hydrogen-bond donors (Lipinski definition) is 1. The molecule has 1 N–H and O–H groups in total. The van der Waals surface area contributed by atoms with Crippen LogP contribution in [0.3, 0.4) is 0 Å². The molecule has 1 fully saturated rings. The summed E-state index contributed by atoms with van der Waals surface area (Å²) in [6.07, 6.45) is 2.78. The van der Waals surface area contributed by atoms with Crippen molar-refractivity contribution < 1.29 is 13.2 Å². The number of anilines is 2. The van der Waals surface area contributed by atoms with Crippen LogP contribution in [0, 0.1) is 0 Å². The molecular weight excluding hydrogens is 412 g/mol. The van der Waals surface area contributed by atoms with Gasteiger partial charge in [-0.15, -0.1) is 0 Å². The largest absolute Gasteiger partial charge is 0.376 e. The molecule has 0 radical (unpaired) electrons. The number of sulfonamides is 1. The van der Waals surface area contributed by atoms with E-state index < -0.39 is 10.0 Å². The number of nitrogens with zero attached hydrogens (tertiary/aromatic N) is 3. The molecule has 8 heteroatoms. The Morgan fingerprint density at radius 3 is 2.48 bits per heavy atom. The molecule has 4 rings (SSSR count). The van der Waals surface area contributed by atoms with Gasteiger partial charge in [-0.2, -0.15) is 4.31 Å². The molecular formula is C23H26N4O3S. The van der Waals surface area contributed by atoms with Crippen LogP contribution < -0.4 is 10.2 Å². The first-order valence-electron chi connectivity index (χ1n) is 10.3. The van der Waals surface area contributed by atoms with Crippen molar-refractivity contribution in [2.24, 2.45) is 0 Å². The third-order valence-electron chi connectivity index (χ3n) is 5.48. The smallest absolute Gasteiger partial charge is 0.274 e. The minimum atomic E-state index is -3.61. The van der Waals surface area contributed by atoms with Crippen molar-refractivity contribution in [3.8, 4) is 0 Å². The molecule has 1 saturated heterocycles. The van der Waals surface area contributed by atoms with Crippen molar-refractivity contribution in [1.82, 2.24) is 9.29 Å². The molecule has 0 unspecified atom stereocenters. The number of amides is 1. The molecule has 31 heavy (non-hydrogen) atoms. The number of carbonyl (C=O) groups is 1. The topological polar surface area (TPSA) is 82.6 Å². The number of carbonyl (C=O) groups excluding carboxylic acids is 1. The second-order valence-electron chi connectivity index (χ2n) is 7.88. The average molecular weight is 439 g/mol. The van der Waals surface area contributed by atoms with Crippen LogP contribution in [0.4, 0.5) is 11.4 Å². The fourth-order valence-electron chi connectivity index (χ4n) is 3.80. The van der Waals surface area contributed by atoms with Crippen LogP contribution in [0.1, 0.15) is 29.8 Å². The summed E-state index contributed by atoms with van der Waals surface area (Å²) in [4.78, 5) is 19.4. The molecule has 1 aromatic heterocycles. The van der Waals surface area contributed by atoms with Crippen molar-refractivity contribution >= 4 is 38.2 Å². The third kappa shape index (κ3) is 4.40. The monoisotopic (exact) mass is 438 g/mol. The maximum atomic E-state index is 13.1. The van der Waals surface area contributed by atoms with E-state index in [1.54, 1.807) is 18.2 Å². The van der Waals surface area contributed by atoms with Crippen LogP contribution in [0.25, 0.3) is 10.9 Å². The van der Waals surface area contributed by atoms with Crippen molar-refractivity contribution in [3.63, 3.8) is 0 Å². The lowest BCUT2D eigenvalue weighted by molar-refractivity contribution is 0.102. The fourth-order valence-corrected chi connectivity index (χ4v) is 5.34. The Morgan fingerprint density at radius 1 is 1.00 bits per heavy atom. The highest BCUT2D eigenvalue weighted by molar-refractivity contribution is 7.89. The highest BCUT2D eigenvalue weighted by Crippen LogP contribution is 2.30. The highest BCUT2D eigenvalue weighted by atomic mass is 32.2. The van der Waals surface area contributed by atoms with Crippen molar-refractivity contribution in [3.05, 3.63) is 60.3 Å². The molecule has 2 aromatic carbocycles. The lowest BCUT2D eigenvalue weighted by atomic mass is 10.2. The normalized spacial score (nSPS) is 15.0. The summed E-state index contributed by atoms with van der Waals surface area (Å²) < 4.78 is 27.7. The Kier molecular flexibility index (Phi) is 5.93. The number of benzene rings is 2. The molecule has 0 aliphatic carbocycles. The van der Waals surface area contributed by atoms with Gasteiger partial charge in [-0.25, -0.2) is 13.4 Å². The lowest BCUT2D eigenvalue weighted by Crippen LogP contribution is -2.35. The molecule has 0 atom stereocenters. The lowest BCUT2D eigenvalue weighted by Gasteiger charge is -2.26. The van der Waals surface area contributed by atoms with Crippen LogP contribution >= 0.6 is 0 Å². The summed E-state index contributed by atoms with van der Waals surface area (Å²) in [7, 11) is 0.0823. The van der Waals surface area contributed by atoms with Gasteiger partial charge in [0, 0.05) is 32.6 Å². The van der Waals surface area contributed by atoms with Crippen LogP contribution in [0.2, 0.25) is 0 Å². The maximum Gasteiger partial charge on any atom is 0.274 e. The molecule has 2 heterocycles. The zero-order chi connectivity index (χ0) is 22.0. The molecule has 1 aliphatic rings. The first-order valence-corrected chi connectivity index (χ1v) is 11.8. The molecule has 7 nitrogen and oxygen atoms in total. The second-order valence-corrected chi connectivity index (χ2v) is 9.82. The molecule has 3 aromatic rings. The van der Waals surface area contributed by atoms with E-state index in [2.05, 4.69) is 10.3 Å². The zero-order valence-corrected chi connectivity index (χ0v) is 18.5. The number of piperidine rings is 1. The summed E-state index contributed by atoms with van der Waals surface area (Å²) in [5.74, 6) is -0.388. The van der Waals surface area contributed by atoms with E-state index >= 15 is 0 Å². The van der Waals surface area contributed by atoms with Gasteiger partial charge < -0.3 is 10.2 Å². The summed E-state index contributed by atoms with van der Waals surface area (Å²) in [5, 5.41) is 3.81. The Balaban J connectivity index is 1.67. The number of nitrogens with one attached hydrogen (secondary N) is 1. The SMILES string of the molecule is CN(C)c1ccc(S(=O)(=O)N2CCCCC2)cc1NC(=O)c1ccc2ccccc2n1. The second kappa shape index (κ2) is 8.64. The number of aromatic nitrogens is 1. The molecule has 162 valence electrons. The van der Waals surface area contributed by atoms with Gasteiger partial charge in [-0.1, -0.05) is 30.7 Å². The zero-order valence-electron chi connectivity index (χ0n) is 17.7. The quantitative estimate of drug-likeness (QED) is 0.656. The summed E-state index contributed by atoms with van der Waals surface area (Å²) in [5.41, 5.74) is 2.15. The Labute approximate surface area is 182 Å². The Bertz CT molecular complexity index is 1220. The van der Waals surface area contributed by atoms with Crippen molar-refractivity contribution in [2.75, 3.05) is 37.4 Å². The van der Waals surface area contributed by atoms with Crippen molar-refractivity contribution in [1.29, 1.82) is 0 Å². The van der Waals surface area contributed by atoms with Crippen LogP contribution in [-0.2, 0) is 10.0 Å². The molecule has 0 bridgehead atoms. The Hall–Kier alpha value is -2.97. The molecule has 1 aliphatic heterocycles. The standard InChI is InChI=1S/C23H26N4O3S/c1-26(2)22-13-11-18(31(29,30)27-14-6-3-7-15-27)16-21(22)25-23(28)20-12-10-17-8-4-5-9-19(17)24-20/h4-5,8-13,16H,3,6-7,14-15H2,1-2H3,(H,25,28). The number of fused-ring (bicyclic) bond motifs is 1. The van der Waals surface area contributed by atoms with E-state index in [4.69, 9.17) is 0 Å². The number of pyridine rings is 1. The fraction of sp³-hybridized carbons (Fsp3) is 0.304. The van der Waals surface area contributed by atoms with E-state index in [1.165, 1.54) is 10.4 Å². The van der Waals surface area contributed by atoms with Gasteiger partial charge in [-0.05, 0) is 43.2 Å². The average Bonchev–Trinajstić information content (AvgIpc) is 2.79. The van der Waals surface area contributed by atoms with Gasteiger partial charge in [0.2, 0.25) is 10.0 Å². The molecule has 0 spiro atoms. The van der Waals surface area contributed by atoms with E-state index in [-0.39, 0.29) is 16.5 Å². The van der Waals surface area contributed by atoms with Crippen molar-refractivity contribution in [2.45, 2.75) is 24.2 Å². The molecule has 1 amide bonds. The van der Waals surface area contributed by atoms with E-state index in [0.29, 0.717) is 24.5 Å². The minimum Gasteiger partial charge on any atom is -0.376 e. The predicted molar refractivity (Wildman–Crippen MR) is 123 cm³/mol. The minimum absolute atomic E-state index is 0.182. The predicted octanol–water partition coefficient (Wildman–Crippen LogP) is 3.73. The highest BCUT2D eigenvalue weighted by Gasteiger charge is 2.27. The summed E-state index contributed by atoms with van der Waals surface area (Å²) >= 11 is 0. The number of hydrogen-bond acceptors (Lipinski definition) is 5. The van der Waals surface area contributed by atoms with Gasteiger partial charge in [0.25, 0.3) is 5.91 Å². The first-order chi connectivity index (χ1) is 14.9. The Morgan fingerprint density at radius 2 is 1.74 bits per heavy atom. The van der Waals surface area contributed by atoms with Gasteiger partial charge >= 0.3 is 0 Å². The van der Waals surface area contributed by atoms with Crippen LogP contribution in [0.5, 0.6) is 0 Å². The number of rotatable bonds is 5. The van der Waals surface area contributed by atoms with Gasteiger partial charge in [0.1, 0.15) is 5.69 Å². The van der Waals surface area contributed by atoms with Gasteiger partial charge in [0.05, 0.1) is 21.8 Å². The third-order valence-corrected chi connectivity index (χ3v) is 7.38. The molecule has 0 saturated carbocycles. The first kappa shape index (κ1) is 21.3. The van der Waals surface area contributed by atoms with E-state index in [9.17, 15) is 13.2 Å². The van der Waals surface area contributed by atoms with Gasteiger partial charge in [0.15, 0.2) is 0 Å². The van der Waals surface area contributed by atoms with E-state index in [0.717, 1.165) is 30.2 Å². The maximum absolute atomic E-state index is 13.1. The van der Waals surface area contributed by atoms with Gasteiger partial charge in [-0.3, -0.25) is 4.79 Å². The van der Waals surface area contributed by atoms with Crippen LogP contribution in [-0.4, -0.2) is 50.8 Å². The number of para-hydroxylation sites is 1. The summed E-state index contributed by atoms with van der Waals surface area (Å²) in [6, 6.07) is 16.0. The van der Waals surface area contributed by atoms with Crippen LogP contribution in [0.15, 0.2) is 59.5 Å². The summed E-state index contributed by atoms with van der Waals surface area (Å²) in [6.45, 7) is 1.06.